The van der Waals surface area contributed by atoms with Crippen molar-refractivity contribution in [2.75, 3.05) is 19.8 Å². The van der Waals surface area contributed by atoms with Crippen molar-refractivity contribution in [3.8, 4) is 0 Å². The van der Waals surface area contributed by atoms with Gasteiger partial charge in [0.2, 0.25) is 0 Å². The highest BCUT2D eigenvalue weighted by Gasteiger charge is 2.31. The average Bonchev–Trinajstić information content (AvgIpc) is 2.38. The number of hydrogen-bond donors (Lipinski definition) is 0. The minimum atomic E-state index is -0.458. The number of ether oxygens (including phenoxy) is 3. The first kappa shape index (κ1) is 15.3. The van der Waals surface area contributed by atoms with Crippen LogP contribution in [0.5, 0.6) is 0 Å². The molecule has 0 aliphatic rings. The van der Waals surface area contributed by atoms with Crippen molar-refractivity contribution in [3.05, 3.63) is 38.3 Å². The lowest BCUT2D eigenvalue weighted by molar-refractivity contribution is -0.144. The molecule has 17 heavy (non-hydrogen) atoms. The summed E-state index contributed by atoms with van der Waals surface area (Å²) in [6.45, 7) is 13.2. The van der Waals surface area contributed by atoms with E-state index in [9.17, 15) is 4.79 Å². The third-order valence-corrected chi connectivity index (χ3v) is 2.45. The maximum Gasteiger partial charge on any atom is 0.330 e. The summed E-state index contributed by atoms with van der Waals surface area (Å²) in [6.07, 6.45) is 4.57. The van der Waals surface area contributed by atoms with E-state index in [0.717, 1.165) is 12.5 Å². The van der Waals surface area contributed by atoms with Gasteiger partial charge in [-0.3, -0.25) is 0 Å². The van der Waals surface area contributed by atoms with Gasteiger partial charge >= 0.3 is 5.97 Å². The normalized spacial score (nSPS) is 10.2. The van der Waals surface area contributed by atoms with Crippen LogP contribution in [0.2, 0.25) is 0 Å². The SMILES string of the molecule is C=COCC(CC)(COC=C)COC(=O)C=C. The van der Waals surface area contributed by atoms with E-state index in [1.165, 1.54) is 12.5 Å². The van der Waals surface area contributed by atoms with E-state index in [2.05, 4.69) is 19.7 Å². The van der Waals surface area contributed by atoms with Crippen molar-refractivity contribution in [1.82, 2.24) is 0 Å². The maximum absolute atomic E-state index is 11.1. The largest absolute Gasteiger partial charge is 0.501 e. The van der Waals surface area contributed by atoms with Crippen LogP contribution in [0.1, 0.15) is 13.3 Å². The van der Waals surface area contributed by atoms with Crippen LogP contribution in [-0.2, 0) is 19.0 Å². The quantitative estimate of drug-likeness (QED) is 0.334. The Hall–Kier alpha value is -1.71. The second-order valence-corrected chi connectivity index (χ2v) is 3.62. The number of carbonyl (C=O) groups excluding carboxylic acids is 1. The molecule has 0 rings (SSSR count). The first-order valence-electron chi connectivity index (χ1n) is 5.38. The molecule has 0 amide bonds. The highest BCUT2D eigenvalue weighted by molar-refractivity contribution is 5.81. The molecule has 0 saturated carbocycles. The monoisotopic (exact) mass is 240 g/mol. The lowest BCUT2D eigenvalue weighted by Crippen LogP contribution is -2.36. The van der Waals surface area contributed by atoms with Crippen molar-refractivity contribution in [1.29, 1.82) is 0 Å². The van der Waals surface area contributed by atoms with Gasteiger partial charge in [0, 0.05) is 6.08 Å². The fourth-order valence-corrected chi connectivity index (χ4v) is 1.19. The summed E-state index contributed by atoms with van der Waals surface area (Å²) in [7, 11) is 0. The van der Waals surface area contributed by atoms with Crippen LogP contribution in [0.25, 0.3) is 0 Å². The van der Waals surface area contributed by atoms with Gasteiger partial charge in [-0.25, -0.2) is 4.79 Å². The van der Waals surface area contributed by atoms with Crippen LogP contribution >= 0.6 is 0 Å². The van der Waals surface area contributed by atoms with Crippen LogP contribution < -0.4 is 0 Å². The van der Waals surface area contributed by atoms with Gasteiger partial charge in [-0.1, -0.05) is 26.7 Å². The third-order valence-electron chi connectivity index (χ3n) is 2.45. The highest BCUT2D eigenvalue weighted by atomic mass is 16.5. The highest BCUT2D eigenvalue weighted by Crippen LogP contribution is 2.24. The Balaban J connectivity index is 4.51. The summed E-state index contributed by atoms with van der Waals surface area (Å²) >= 11 is 0. The van der Waals surface area contributed by atoms with Crippen molar-refractivity contribution in [2.45, 2.75) is 13.3 Å². The van der Waals surface area contributed by atoms with Crippen LogP contribution in [0.4, 0.5) is 0 Å². The first-order valence-corrected chi connectivity index (χ1v) is 5.38. The fourth-order valence-electron chi connectivity index (χ4n) is 1.19. The second-order valence-electron chi connectivity index (χ2n) is 3.62. The lowest BCUT2D eigenvalue weighted by Gasteiger charge is -2.30. The molecular weight excluding hydrogens is 220 g/mol. The lowest BCUT2D eigenvalue weighted by atomic mass is 9.88. The van der Waals surface area contributed by atoms with Crippen molar-refractivity contribution < 1.29 is 19.0 Å². The minimum absolute atomic E-state index is 0.204. The second kappa shape index (κ2) is 8.44. The van der Waals surface area contributed by atoms with Crippen LogP contribution in [0.3, 0.4) is 0 Å². The molecule has 0 fully saturated rings. The standard InChI is InChI=1S/C13H20O4/c1-5-12(14)17-11-13(6-2,9-15-7-3)10-16-8-4/h5,7-8H,1,3-4,6,9-11H2,2H3. The summed E-state index contributed by atoms with van der Waals surface area (Å²) in [5.74, 6) is -0.458. The molecular formula is C13H20O4. The summed E-state index contributed by atoms with van der Waals surface area (Å²) in [5, 5.41) is 0. The molecule has 0 N–H and O–H groups in total. The zero-order valence-corrected chi connectivity index (χ0v) is 10.3. The molecule has 4 heteroatoms. The number of esters is 1. The smallest absolute Gasteiger partial charge is 0.330 e. The first-order chi connectivity index (χ1) is 8.14. The number of hydrogen-bond acceptors (Lipinski definition) is 4. The van der Waals surface area contributed by atoms with E-state index in [-0.39, 0.29) is 6.61 Å². The van der Waals surface area contributed by atoms with Gasteiger partial charge < -0.3 is 14.2 Å². The average molecular weight is 240 g/mol. The van der Waals surface area contributed by atoms with Crippen LogP contribution in [0.15, 0.2) is 38.3 Å². The zero-order chi connectivity index (χ0) is 13.1. The van der Waals surface area contributed by atoms with Gasteiger partial charge in [0.05, 0.1) is 31.2 Å². The Morgan fingerprint density at radius 3 is 2.00 bits per heavy atom. The topological polar surface area (TPSA) is 44.8 Å². The van der Waals surface area contributed by atoms with Gasteiger partial charge in [0.25, 0.3) is 0 Å². The van der Waals surface area contributed by atoms with Crippen molar-refractivity contribution in [2.24, 2.45) is 5.41 Å². The molecule has 0 saturated heterocycles. The van der Waals surface area contributed by atoms with Gasteiger partial charge in [0.15, 0.2) is 0 Å². The van der Waals surface area contributed by atoms with Gasteiger partial charge in [-0.15, -0.1) is 0 Å². The fraction of sp³-hybridized carbons (Fsp3) is 0.462. The third kappa shape index (κ3) is 5.80. The molecule has 0 aliphatic carbocycles. The molecule has 96 valence electrons. The van der Waals surface area contributed by atoms with E-state index >= 15 is 0 Å². The van der Waals surface area contributed by atoms with E-state index in [1.54, 1.807) is 0 Å². The molecule has 0 heterocycles. The molecule has 0 aromatic carbocycles. The molecule has 0 unspecified atom stereocenters. The minimum Gasteiger partial charge on any atom is -0.501 e. The van der Waals surface area contributed by atoms with Crippen LogP contribution in [-0.4, -0.2) is 25.8 Å². The van der Waals surface area contributed by atoms with E-state index in [1.807, 2.05) is 6.92 Å². The molecule has 0 aromatic rings. The molecule has 0 atom stereocenters. The molecule has 0 aliphatic heterocycles. The maximum atomic E-state index is 11.1. The van der Waals surface area contributed by atoms with E-state index in [4.69, 9.17) is 14.2 Å². The zero-order valence-electron chi connectivity index (χ0n) is 10.3. The molecule has 0 spiro atoms. The Bertz CT molecular complexity index is 259. The Morgan fingerprint density at radius 2 is 1.65 bits per heavy atom. The molecule has 0 radical (unpaired) electrons. The van der Waals surface area contributed by atoms with Crippen LogP contribution in [0, 0.1) is 5.41 Å². The molecule has 0 aromatic heterocycles. The summed E-state index contributed by atoms with van der Waals surface area (Å²) in [4.78, 5) is 11.1. The van der Waals surface area contributed by atoms with Gasteiger partial charge in [-0.2, -0.15) is 0 Å². The molecule has 0 bridgehead atoms. The molecule has 4 nitrogen and oxygen atoms in total. The summed E-state index contributed by atoms with van der Waals surface area (Å²) < 4.78 is 15.4. The summed E-state index contributed by atoms with van der Waals surface area (Å²) in [5.41, 5.74) is -0.402. The Morgan fingerprint density at radius 1 is 1.12 bits per heavy atom. The van der Waals surface area contributed by atoms with Crippen molar-refractivity contribution in [3.63, 3.8) is 0 Å². The summed E-state index contributed by atoms with van der Waals surface area (Å²) in [6, 6.07) is 0. The number of carbonyl (C=O) groups is 1. The predicted molar refractivity (Wildman–Crippen MR) is 66.2 cm³/mol. The van der Waals surface area contributed by atoms with E-state index in [0.29, 0.717) is 13.2 Å². The Kier molecular flexibility index (Phi) is 7.59. The van der Waals surface area contributed by atoms with Gasteiger partial charge in [0.1, 0.15) is 6.61 Å². The number of rotatable bonds is 10. The predicted octanol–water partition coefficient (Wildman–Crippen LogP) is 2.43. The Labute approximate surface area is 103 Å². The van der Waals surface area contributed by atoms with E-state index < -0.39 is 11.4 Å². The van der Waals surface area contributed by atoms with Crippen molar-refractivity contribution >= 4 is 5.97 Å². The van der Waals surface area contributed by atoms with Gasteiger partial charge in [-0.05, 0) is 6.42 Å².